The minimum atomic E-state index is -4.40. The molecule has 0 amide bonds. The first-order valence-corrected chi connectivity index (χ1v) is 12.4. The molecule has 2 N–H and O–H groups in total. The van der Waals surface area contributed by atoms with Crippen LogP contribution in [0.25, 0.3) is 0 Å². The molecule has 1 aliphatic carbocycles. The number of rotatable bonds is 5. The highest BCUT2D eigenvalue weighted by Gasteiger charge is 2.71. The monoisotopic (exact) mass is 580 g/mol. The number of ketones is 1. The highest BCUT2D eigenvalue weighted by Crippen LogP contribution is 2.58. The zero-order chi connectivity index (χ0) is 23.2. The number of nitrogens with one attached hydrogen (secondary N) is 2. The van der Waals surface area contributed by atoms with Crippen LogP contribution in [-0.2, 0) is 14.8 Å². The lowest BCUT2D eigenvalue weighted by Crippen LogP contribution is -2.73. The van der Waals surface area contributed by atoms with E-state index in [1.54, 1.807) is 30.3 Å². The third-order valence-electron chi connectivity index (χ3n) is 4.39. The zero-order valence-electron chi connectivity index (χ0n) is 15.0. The van der Waals surface area contributed by atoms with E-state index >= 15 is 0 Å². The fraction of sp³-hybridized carbons (Fsp3) is 0.167. The van der Waals surface area contributed by atoms with E-state index < -0.39 is 40.2 Å². The van der Waals surface area contributed by atoms with Crippen LogP contribution in [0, 0.1) is 0 Å². The van der Waals surface area contributed by atoms with Crippen LogP contribution < -0.4 is 10.0 Å². The lowest BCUT2D eigenvalue weighted by atomic mass is 9.92. The summed E-state index contributed by atoms with van der Waals surface area (Å²) in [7, 11) is -4.40. The molecule has 0 aliphatic heterocycles. The maximum Gasteiger partial charge on any atom is 0.242 e. The van der Waals surface area contributed by atoms with Crippen LogP contribution in [0.15, 0.2) is 69.6 Å². The Labute approximate surface area is 213 Å². The summed E-state index contributed by atoms with van der Waals surface area (Å²) in [4.78, 5) is 12.4. The maximum absolute atomic E-state index is 13.2. The van der Waals surface area contributed by atoms with Crippen LogP contribution in [-0.4, -0.2) is 28.5 Å². The van der Waals surface area contributed by atoms with Gasteiger partial charge in [-0.05, 0) is 36.4 Å². The van der Waals surface area contributed by atoms with Crippen molar-refractivity contribution in [2.45, 2.75) is 19.2 Å². The van der Waals surface area contributed by atoms with Crippen molar-refractivity contribution in [1.82, 2.24) is 4.72 Å². The second-order valence-corrected chi connectivity index (χ2v) is 11.9. The van der Waals surface area contributed by atoms with Crippen LogP contribution in [0.1, 0.15) is 0 Å². The van der Waals surface area contributed by atoms with Crippen LogP contribution in [0.2, 0.25) is 5.02 Å². The number of sulfonamides is 1. The number of carbonyl (C=O) groups is 1. The van der Waals surface area contributed by atoms with Gasteiger partial charge >= 0.3 is 0 Å². The van der Waals surface area contributed by atoms with Gasteiger partial charge in [0.2, 0.25) is 24.5 Å². The Morgan fingerprint density at radius 1 is 0.806 bits per heavy atom. The van der Waals surface area contributed by atoms with Gasteiger partial charge < -0.3 is 5.32 Å². The molecular formula is C18H11Cl7N2O3S. The van der Waals surface area contributed by atoms with Crippen molar-refractivity contribution in [2.75, 3.05) is 5.32 Å². The number of halogens is 7. The van der Waals surface area contributed by atoms with Crippen LogP contribution in [0.5, 0.6) is 0 Å². The molecule has 1 atom stereocenters. The van der Waals surface area contributed by atoms with Gasteiger partial charge in [0.15, 0.2) is 5.66 Å². The molecule has 2 aromatic rings. The quantitative estimate of drug-likeness (QED) is 0.332. The number of Topliss-reactive ketones (excluding diaryl/α,β-unsaturated/α-hetero) is 1. The van der Waals surface area contributed by atoms with E-state index in [-0.39, 0.29) is 4.90 Å². The molecule has 0 radical (unpaired) electrons. The molecule has 1 aliphatic rings. The van der Waals surface area contributed by atoms with Gasteiger partial charge in [-0.3, -0.25) is 4.79 Å². The minimum Gasteiger partial charge on any atom is -0.359 e. The summed E-state index contributed by atoms with van der Waals surface area (Å²) >= 11 is 43.7. The van der Waals surface area contributed by atoms with Gasteiger partial charge in [-0.2, -0.15) is 4.72 Å². The zero-order valence-corrected chi connectivity index (χ0v) is 21.1. The topological polar surface area (TPSA) is 75.3 Å². The first-order valence-electron chi connectivity index (χ1n) is 8.25. The fourth-order valence-corrected chi connectivity index (χ4v) is 6.23. The van der Waals surface area contributed by atoms with Crippen molar-refractivity contribution < 1.29 is 13.2 Å². The molecule has 0 fully saturated rings. The number of para-hydroxylation sites is 1. The van der Waals surface area contributed by atoms with E-state index in [4.69, 9.17) is 81.2 Å². The van der Waals surface area contributed by atoms with Crippen molar-refractivity contribution in [2.24, 2.45) is 0 Å². The average Bonchev–Trinajstić information content (AvgIpc) is 2.71. The number of alkyl halides is 4. The number of benzene rings is 2. The SMILES string of the molecule is O=C1C(Cl)=C(Cl)C(Nc2ccccc2)(NS(=O)(=O)c2ccc(Cl)cc2)C(Cl)(Cl)C1(Cl)Cl. The first-order chi connectivity index (χ1) is 14.3. The lowest BCUT2D eigenvalue weighted by Gasteiger charge is -2.50. The lowest BCUT2D eigenvalue weighted by molar-refractivity contribution is -0.116. The van der Waals surface area contributed by atoms with Crippen molar-refractivity contribution in [3.8, 4) is 0 Å². The fourth-order valence-electron chi connectivity index (χ4n) is 2.80. The third kappa shape index (κ3) is 4.27. The second kappa shape index (κ2) is 8.75. The molecule has 13 heteroatoms. The van der Waals surface area contributed by atoms with Crippen LogP contribution >= 0.6 is 81.2 Å². The Hall–Kier alpha value is -0.410. The van der Waals surface area contributed by atoms with E-state index in [1.165, 1.54) is 24.3 Å². The summed E-state index contributed by atoms with van der Waals surface area (Å²) in [5, 5.41) is 1.91. The highest BCUT2D eigenvalue weighted by atomic mass is 35.5. The molecule has 0 spiro atoms. The normalized spacial score (nSPS) is 23.0. The van der Waals surface area contributed by atoms with E-state index in [0.717, 1.165) is 0 Å². The largest absolute Gasteiger partial charge is 0.359 e. The Bertz CT molecular complexity index is 1150. The summed E-state index contributed by atoms with van der Waals surface area (Å²) in [5.74, 6) is -1.09. The number of hydrogen-bond donors (Lipinski definition) is 2. The van der Waals surface area contributed by atoms with Gasteiger partial charge in [0.25, 0.3) is 0 Å². The molecule has 0 heterocycles. The van der Waals surface area contributed by atoms with E-state index in [2.05, 4.69) is 10.0 Å². The first kappa shape index (κ1) is 25.2. The predicted molar refractivity (Wildman–Crippen MR) is 127 cm³/mol. The Morgan fingerprint density at radius 3 is 1.90 bits per heavy atom. The van der Waals surface area contributed by atoms with E-state index in [9.17, 15) is 13.2 Å². The Balaban J connectivity index is 2.27. The minimum absolute atomic E-state index is 0.206. The Kier molecular flexibility index (Phi) is 7.11. The summed E-state index contributed by atoms with van der Waals surface area (Å²) in [5.41, 5.74) is -2.04. The van der Waals surface area contributed by atoms with E-state index in [0.29, 0.717) is 10.7 Å². The molecule has 1 unspecified atom stereocenters. The standard InChI is InChI=1S/C18H11Cl7N2O3S/c19-10-6-8-12(9-7-10)31(29,30)27-17(26-11-4-2-1-3-5-11)14(21)13(20)15(28)16(22,23)18(17,24)25/h1-9,26-27H. The van der Waals surface area contributed by atoms with Crippen LogP contribution in [0.4, 0.5) is 5.69 Å². The number of carbonyl (C=O) groups excluding carboxylic acids is 1. The maximum atomic E-state index is 13.2. The number of allylic oxidation sites excluding steroid dienone is 1. The number of hydrogen-bond acceptors (Lipinski definition) is 4. The summed E-state index contributed by atoms with van der Waals surface area (Å²) in [6.45, 7) is 0. The second-order valence-electron chi connectivity index (χ2n) is 6.41. The van der Waals surface area contributed by atoms with Gasteiger partial charge in [-0.15, -0.1) is 0 Å². The van der Waals surface area contributed by atoms with E-state index in [1.807, 2.05) is 0 Å². The smallest absolute Gasteiger partial charge is 0.242 e. The molecule has 5 nitrogen and oxygen atoms in total. The van der Waals surface area contributed by atoms with Crippen molar-refractivity contribution in [3.63, 3.8) is 0 Å². The van der Waals surface area contributed by atoms with Crippen molar-refractivity contribution in [3.05, 3.63) is 69.7 Å². The molecule has 0 saturated heterocycles. The highest BCUT2D eigenvalue weighted by molar-refractivity contribution is 7.89. The van der Waals surface area contributed by atoms with Gasteiger partial charge in [0, 0.05) is 10.7 Å². The summed E-state index contributed by atoms with van der Waals surface area (Å²) in [6, 6.07) is 13.4. The summed E-state index contributed by atoms with van der Waals surface area (Å²) < 4.78 is 23.6. The summed E-state index contributed by atoms with van der Waals surface area (Å²) in [6.07, 6.45) is 0. The number of anilines is 1. The van der Waals surface area contributed by atoms with Crippen molar-refractivity contribution >= 4 is 103 Å². The molecule has 0 saturated carbocycles. The molecule has 2 aromatic carbocycles. The molecule has 0 aromatic heterocycles. The van der Waals surface area contributed by atoms with Crippen LogP contribution in [0.3, 0.4) is 0 Å². The average molecular weight is 584 g/mol. The van der Waals surface area contributed by atoms with Gasteiger partial charge in [0.1, 0.15) is 5.03 Å². The van der Waals surface area contributed by atoms with Gasteiger partial charge in [0.05, 0.1) is 9.93 Å². The third-order valence-corrected chi connectivity index (χ3v) is 9.47. The van der Waals surface area contributed by atoms with Crippen molar-refractivity contribution in [1.29, 1.82) is 0 Å². The predicted octanol–water partition coefficient (Wildman–Crippen LogP) is 6.05. The molecular weight excluding hydrogens is 572 g/mol. The van der Waals surface area contributed by atoms with Gasteiger partial charge in [-0.25, -0.2) is 8.42 Å². The molecule has 31 heavy (non-hydrogen) atoms. The molecule has 0 bridgehead atoms. The van der Waals surface area contributed by atoms with Gasteiger partial charge in [-0.1, -0.05) is 99.4 Å². The Morgan fingerprint density at radius 2 is 1.35 bits per heavy atom. The molecule has 3 rings (SSSR count). The molecule has 166 valence electrons.